The van der Waals surface area contributed by atoms with Crippen molar-refractivity contribution in [3.05, 3.63) is 75.9 Å². The van der Waals surface area contributed by atoms with Gasteiger partial charge in [0.25, 0.3) is 5.91 Å². The van der Waals surface area contributed by atoms with Crippen molar-refractivity contribution in [2.75, 3.05) is 38.5 Å². The van der Waals surface area contributed by atoms with Crippen molar-refractivity contribution in [2.24, 2.45) is 0 Å². The summed E-state index contributed by atoms with van der Waals surface area (Å²) in [5.41, 5.74) is 9.43. The largest absolute Gasteiger partial charge is 0.488 e. The van der Waals surface area contributed by atoms with E-state index in [1.165, 1.54) is 0 Å². The van der Waals surface area contributed by atoms with Crippen molar-refractivity contribution in [1.29, 1.82) is 0 Å². The van der Waals surface area contributed by atoms with Crippen LogP contribution in [0.2, 0.25) is 5.02 Å². The summed E-state index contributed by atoms with van der Waals surface area (Å²) in [4.78, 5) is 33.6. The summed E-state index contributed by atoms with van der Waals surface area (Å²) in [6.45, 7) is 4.88. The number of hydrogen-bond acceptors (Lipinski definition) is 8. The molecule has 0 bridgehead atoms. The Labute approximate surface area is 242 Å². The summed E-state index contributed by atoms with van der Waals surface area (Å²) in [7, 11) is 2.14. The number of carbonyl (C=O) groups is 2. The summed E-state index contributed by atoms with van der Waals surface area (Å²) in [5, 5.41) is 3.40. The number of hydrazine groups is 1. The SMILES string of the molecule is CN1CCN(Cc2ccc(C(=O)NN[C@@H]3[C@H]4Oc5ccc(Oc6ccnc7c6CCC(=O)N7)cc5[C@@H]34)cc2Cl)CC1. The zero-order valence-corrected chi connectivity index (χ0v) is 23.4. The highest BCUT2D eigenvalue weighted by Crippen LogP contribution is 2.54. The second kappa shape index (κ2) is 10.6. The minimum absolute atomic E-state index is 0.0384. The van der Waals surface area contributed by atoms with Crippen molar-refractivity contribution in [2.45, 2.75) is 37.5 Å². The average molecular weight is 575 g/mol. The van der Waals surface area contributed by atoms with Crippen LogP contribution in [0.5, 0.6) is 17.2 Å². The number of nitrogens with one attached hydrogen (secondary N) is 3. The number of anilines is 1. The van der Waals surface area contributed by atoms with E-state index < -0.39 is 0 Å². The summed E-state index contributed by atoms with van der Waals surface area (Å²) in [5.74, 6) is 2.56. The van der Waals surface area contributed by atoms with Crippen molar-refractivity contribution < 1.29 is 19.1 Å². The maximum atomic E-state index is 12.9. The molecule has 4 aliphatic rings. The number of ether oxygens (including phenoxy) is 2. The maximum Gasteiger partial charge on any atom is 0.265 e. The Morgan fingerprint density at radius 2 is 2.00 bits per heavy atom. The van der Waals surface area contributed by atoms with Crippen LogP contribution < -0.4 is 25.6 Å². The number of likely N-dealkylation sites (N-methyl/N-ethyl adjacent to an activating group) is 1. The van der Waals surface area contributed by atoms with E-state index in [1.54, 1.807) is 12.3 Å². The average Bonchev–Trinajstić information content (AvgIpc) is 3.52. The number of pyridine rings is 1. The molecule has 0 radical (unpaired) electrons. The van der Waals surface area contributed by atoms with Gasteiger partial charge in [0.05, 0.1) is 6.04 Å². The third-order valence-corrected chi connectivity index (χ3v) is 8.67. The molecule has 2 aromatic carbocycles. The van der Waals surface area contributed by atoms with Gasteiger partial charge in [0, 0.05) is 73.0 Å². The van der Waals surface area contributed by atoms with Crippen LogP contribution in [0.3, 0.4) is 0 Å². The third kappa shape index (κ3) is 5.24. The number of benzene rings is 2. The maximum absolute atomic E-state index is 12.9. The first-order valence-corrected chi connectivity index (χ1v) is 14.3. The summed E-state index contributed by atoms with van der Waals surface area (Å²) >= 11 is 6.56. The number of amides is 2. The molecule has 7 rings (SSSR count). The van der Waals surface area contributed by atoms with Gasteiger partial charge in [0.2, 0.25) is 5.91 Å². The molecule has 1 aliphatic carbocycles. The van der Waals surface area contributed by atoms with E-state index in [0.717, 1.165) is 55.2 Å². The highest BCUT2D eigenvalue weighted by Gasteiger charge is 2.59. The molecule has 1 aromatic heterocycles. The number of aromatic nitrogens is 1. The standard InChI is InChI=1S/C30H31ClN6O4/c1-36-10-12-37(13-11-36)16-18-3-2-17(14-22(18)31)30(39)35-34-27-26-21-15-19(4-6-23(21)41-28(26)27)40-24-8-9-32-29-20(24)5-7-25(38)33-29/h2-4,6,8-9,14-15,26-28,34H,5,7,10-13,16H2,1H3,(H,35,39)(H,32,33,38)/t26-,27-,28-/m0/s1. The molecule has 0 spiro atoms. The predicted molar refractivity (Wildman–Crippen MR) is 153 cm³/mol. The first-order chi connectivity index (χ1) is 19.9. The van der Waals surface area contributed by atoms with Gasteiger partial charge in [-0.25, -0.2) is 10.4 Å². The molecule has 1 saturated heterocycles. The Bertz CT molecular complexity index is 1520. The Hall–Kier alpha value is -3.70. The van der Waals surface area contributed by atoms with Crippen molar-refractivity contribution in [3.8, 4) is 17.2 Å². The number of halogens is 1. The fourth-order valence-corrected chi connectivity index (χ4v) is 6.08. The highest BCUT2D eigenvalue weighted by molar-refractivity contribution is 6.31. The lowest BCUT2D eigenvalue weighted by Crippen LogP contribution is -2.43. The number of nitrogens with zero attached hydrogens (tertiary/aromatic N) is 3. The summed E-state index contributed by atoms with van der Waals surface area (Å²) in [6, 6.07) is 13.0. The number of carbonyl (C=O) groups excluding carboxylic acids is 2. The van der Waals surface area contributed by atoms with Crippen LogP contribution >= 0.6 is 11.6 Å². The Kier molecular flexibility index (Phi) is 6.78. The second-order valence-electron chi connectivity index (χ2n) is 11.1. The Morgan fingerprint density at radius 1 is 1.15 bits per heavy atom. The monoisotopic (exact) mass is 574 g/mol. The van der Waals surface area contributed by atoms with Crippen molar-refractivity contribution in [3.63, 3.8) is 0 Å². The molecule has 212 valence electrons. The van der Waals surface area contributed by atoms with E-state index in [9.17, 15) is 9.59 Å². The normalized spacial score (nSPS) is 23.1. The van der Waals surface area contributed by atoms with E-state index in [-0.39, 0.29) is 29.9 Å². The minimum atomic E-state index is -0.241. The van der Waals surface area contributed by atoms with Crippen LogP contribution in [0, 0.1) is 0 Å². The number of fused-ring (bicyclic) bond motifs is 4. The zero-order chi connectivity index (χ0) is 28.1. The minimum Gasteiger partial charge on any atom is -0.488 e. The lowest BCUT2D eigenvalue weighted by atomic mass is 10.1. The van der Waals surface area contributed by atoms with Crippen molar-refractivity contribution in [1.82, 2.24) is 25.6 Å². The second-order valence-corrected chi connectivity index (χ2v) is 11.5. The van der Waals surface area contributed by atoms with E-state index in [2.05, 4.69) is 38.0 Å². The molecule has 3 N–H and O–H groups in total. The molecule has 2 fully saturated rings. The molecule has 2 amide bonds. The molecule has 3 aromatic rings. The van der Waals surface area contributed by atoms with E-state index in [4.69, 9.17) is 21.1 Å². The molecule has 4 heterocycles. The van der Waals surface area contributed by atoms with Crippen LogP contribution in [0.1, 0.15) is 39.4 Å². The van der Waals surface area contributed by atoms with E-state index >= 15 is 0 Å². The molecular formula is C30H31ClN6O4. The van der Waals surface area contributed by atoms with Gasteiger partial charge < -0.3 is 19.7 Å². The fraction of sp³-hybridized carbons (Fsp3) is 0.367. The van der Waals surface area contributed by atoms with Crippen LogP contribution in [-0.4, -0.2) is 72.0 Å². The summed E-state index contributed by atoms with van der Waals surface area (Å²) in [6.07, 6.45) is 2.56. The van der Waals surface area contributed by atoms with Crippen LogP contribution in [0.4, 0.5) is 5.82 Å². The Morgan fingerprint density at radius 3 is 2.83 bits per heavy atom. The van der Waals surface area contributed by atoms with Crippen LogP contribution in [0.25, 0.3) is 0 Å². The molecule has 41 heavy (non-hydrogen) atoms. The van der Waals surface area contributed by atoms with Gasteiger partial charge in [-0.15, -0.1) is 0 Å². The molecule has 3 aliphatic heterocycles. The molecule has 11 heteroatoms. The lowest BCUT2D eigenvalue weighted by molar-refractivity contribution is -0.116. The fourth-order valence-electron chi connectivity index (χ4n) is 5.84. The summed E-state index contributed by atoms with van der Waals surface area (Å²) < 4.78 is 12.3. The first kappa shape index (κ1) is 26.2. The van der Waals surface area contributed by atoms with Crippen LogP contribution in [-0.2, 0) is 17.8 Å². The Balaban J connectivity index is 0.963. The number of rotatable bonds is 7. The molecule has 1 saturated carbocycles. The third-order valence-electron chi connectivity index (χ3n) is 8.32. The lowest BCUT2D eigenvalue weighted by Gasteiger charge is -2.32. The molecular weight excluding hydrogens is 544 g/mol. The predicted octanol–water partition coefficient (Wildman–Crippen LogP) is 3.32. The van der Waals surface area contributed by atoms with Crippen LogP contribution in [0.15, 0.2) is 48.7 Å². The molecule has 0 unspecified atom stereocenters. The quantitative estimate of drug-likeness (QED) is 0.369. The van der Waals surface area contributed by atoms with Gasteiger partial charge in [-0.1, -0.05) is 17.7 Å². The number of piperazine rings is 1. The van der Waals surface area contributed by atoms with Gasteiger partial charge in [-0.05, 0) is 55.4 Å². The van der Waals surface area contributed by atoms with E-state index in [0.29, 0.717) is 40.7 Å². The first-order valence-electron chi connectivity index (χ1n) is 13.9. The zero-order valence-electron chi connectivity index (χ0n) is 22.7. The van der Waals surface area contributed by atoms with E-state index in [1.807, 2.05) is 36.4 Å². The van der Waals surface area contributed by atoms with Crippen molar-refractivity contribution >= 4 is 29.2 Å². The number of hydrogen-bond donors (Lipinski definition) is 3. The van der Waals surface area contributed by atoms with Gasteiger partial charge in [-0.3, -0.25) is 19.9 Å². The molecule has 3 atom stereocenters. The van der Waals surface area contributed by atoms with Gasteiger partial charge in [-0.2, -0.15) is 0 Å². The van der Waals surface area contributed by atoms with Gasteiger partial charge in [0.1, 0.15) is 29.2 Å². The highest BCUT2D eigenvalue weighted by atomic mass is 35.5. The van der Waals surface area contributed by atoms with Gasteiger partial charge >= 0.3 is 0 Å². The smallest absolute Gasteiger partial charge is 0.265 e. The van der Waals surface area contributed by atoms with Gasteiger partial charge in [0.15, 0.2) is 0 Å². The molecule has 10 nitrogen and oxygen atoms in total. The topological polar surface area (TPSA) is 108 Å².